The maximum atomic E-state index is 11.7. The third-order valence-electron chi connectivity index (χ3n) is 2.69. The molecule has 98 valence electrons. The number of cyclic esters (lactones) is 1. The van der Waals surface area contributed by atoms with Crippen LogP contribution in [0.2, 0.25) is 0 Å². The van der Waals surface area contributed by atoms with Crippen molar-refractivity contribution in [2.24, 2.45) is 0 Å². The Kier molecular flexibility index (Phi) is 4.04. The van der Waals surface area contributed by atoms with Gasteiger partial charge in [-0.15, -0.1) is 0 Å². The molecule has 18 heavy (non-hydrogen) atoms. The van der Waals surface area contributed by atoms with Crippen LogP contribution < -0.4 is 4.90 Å². The Morgan fingerprint density at radius 1 is 1.44 bits per heavy atom. The number of aromatic hydroxyl groups is 1. The molecule has 0 aliphatic carbocycles. The lowest BCUT2D eigenvalue weighted by Crippen LogP contribution is -2.25. The first-order valence-corrected chi connectivity index (χ1v) is 6.05. The molecule has 1 N–H and O–H groups in total. The number of carbonyl (C=O) groups is 1. The second kappa shape index (κ2) is 5.73. The Bertz CT molecular complexity index is 404. The van der Waals surface area contributed by atoms with E-state index in [1.807, 2.05) is 6.92 Å². The first-order chi connectivity index (χ1) is 8.70. The van der Waals surface area contributed by atoms with E-state index in [-0.39, 0.29) is 17.9 Å². The highest BCUT2D eigenvalue weighted by atomic mass is 16.6. The van der Waals surface area contributed by atoms with Crippen LogP contribution in [0.15, 0.2) is 24.3 Å². The fraction of sp³-hybridized carbons (Fsp3) is 0.462. The van der Waals surface area contributed by atoms with Gasteiger partial charge in [0.2, 0.25) is 0 Å². The molecule has 0 saturated carbocycles. The summed E-state index contributed by atoms with van der Waals surface area (Å²) >= 11 is 0. The van der Waals surface area contributed by atoms with Gasteiger partial charge in [-0.2, -0.15) is 0 Å². The minimum absolute atomic E-state index is 0.175. The average Bonchev–Trinajstić information content (AvgIpc) is 2.72. The molecule has 1 amide bonds. The molecule has 0 bridgehead atoms. The van der Waals surface area contributed by atoms with Crippen LogP contribution in [0.5, 0.6) is 5.75 Å². The first-order valence-electron chi connectivity index (χ1n) is 6.05. The van der Waals surface area contributed by atoms with Crippen LogP contribution in [0.4, 0.5) is 10.5 Å². The lowest BCUT2D eigenvalue weighted by Gasteiger charge is -2.12. The smallest absolute Gasteiger partial charge is 0.414 e. The molecule has 1 aromatic rings. The topological polar surface area (TPSA) is 59.0 Å². The quantitative estimate of drug-likeness (QED) is 0.814. The Labute approximate surface area is 106 Å². The summed E-state index contributed by atoms with van der Waals surface area (Å²) in [5.41, 5.74) is 0.718. The lowest BCUT2D eigenvalue weighted by atomic mass is 10.2. The molecule has 5 heteroatoms. The van der Waals surface area contributed by atoms with Crippen molar-refractivity contribution >= 4 is 11.8 Å². The normalized spacial score (nSPS) is 19.1. The van der Waals surface area contributed by atoms with E-state index in [1.165, 1.54) is 0 Å². The van der Waals surface area contributed by atoms with Crippen LogP contribution in [0.1, 0.15) is 13.3 Å². The van der Waals surface area contributed by atoms with Crippen molar-refractivity contribution in [3.05, 3.63) is 24.3 Å². The molecule has 1 aliphatic heterocycles. The number of benzene rings is 1. The number of phenols is 1. The zero-order chi connectivity index (χ0) is 13.0. The van der Waals surface area contributed by atoms with E-state index in [9.17, 15) is 9.90 Å². The summed E-state index contributed by atoms with van der Waals surface area (Å²) in [4.78, 5) is 13.2. The Balaban J connectivity index is 1.94. The number of amides is 1. The van der Waals surface area contributed by atoms with Crippen molar-refractivity contribution < 1.29 is 19.4 Å². The van der Waals surface area contributed by atoms with Gasteiger partial charge in [-0.3, -0.25) is 4.90 Å². The van der Waals surface area contributed by atoms with Gasteiger partial charge in [-0.05, 0) is 30.7 Å². The number of ether oxygens (including phenoxy) is 2. The van der Waals surface area contributed by atoms with Gasteiger partial charge in [0.1, 0.15) is 11.9 Å². The van der Waals surface area contributed by atoms with Gasteiger partial charge >= 0.3 is 6.09 Å². The SMILES string of the molecule is CCCOCC1CN(c2ccc(O)cc2)C(=O)O1. The fourth-order valence-electron chi connectivity index (χ4n) is 1.81. The van der Waals surface area contributed by atoms with E-state index in [4.69, 9.17) is 9.47 Å². The Hall–Kier alpha value is -1.75. The summed E-state index contributed by atoms with van der Waals surface area (Å²) in [5.74, 6) is 0.175. The van der Waals surface area contributed by atoms with Gasteiger partial charge in [-0.25, -0.2) is 4.79 Å². The zero-order valence-corrected chi connectivity index (χ0v) is 10.3. The van der Waals surface area contributed by atoms with E-state index >= 15 is 0 Å². The molecule has 5 nitrogen and oxygen atoms in total. The van der Waals surface area contributed by atoms with Crippen LogP contribution in [0, 0.1) is 0 Å². The van der Waals surface area contributed by atoms with Crippen molar-refractivity contribution in [3.63, 3.8) is 0 Å². The van der Waals surface area contributed by atoms with Gasteiger partial charge in [0.15, 0.2) is 0 Å². The molecule has 0 aromatic heterocycles. The number of hydrogen-bond acceptors (Lipinski definition) is 4. The predicted molar refractivity (Wildman–Crippen MR) is 66.8 cm³/mol. The molecular formula is C13H17NO4. The maximum absolute atomic E-state index is 11.7. The second-order valence-electron chi connectivity index (χ2n) is 4.21. The minimum Gasteiger partial charge on any atom is -0.508 e. The van der Waals surface area contributed by atoms with Crippen LogP contribution in [0.25, 0.3) is 0 Å². The third-order valence-corrected chi connectivity index (χ3v) is 2.69. The minimum atomic E-state index is -0.370. The van der Waals surface area contributed by atoms with E-state index < -0.39 is 0 Å². The summed E-state index contributed by atoms with van der Waals surface area (Å²) in [5, 5.41) is 9.21. The summed E-state index contributed by atoms with van der Waals surface area (Å²) < 4.78 is 10.6. The Morgan fingerprint density at radius 2 is 2.17 bits per heavy atom. The number of hydrogen-bond donors (Lipinski definition) is 1. The fourth-order valence-corrected chi connectivity index (χ4v) is 1.81. The average molecular weight is 251 g/mol. The van der Waals surface area contributed by atoms with E-state index in [2.05, 4.69) is 0 Å². The van der Waals surface area contributed by atoms with Crippen LogP contribution >= 0.6 is 0 Å². The van der Waals surface area contributed by atoms with Crippen molar-refractivity contribution in [2.45, 2.75) is 19.4 Å². The molecule has 1 aromatic carbocycles. The van der Waals surface area contributed by atoms with Gasteiger partial charge in [0.25, 0.3) is 0 Å². The van der Waals surface area contributed by atoms with Gasteiger partial charge < -0.3 is 14.6 Å². The number of nitrogens with zero attached hydrogens (tertiary/aromatic N) is 1. The van der Waals surface area contributed by atoms with E-state index in [1.54, 1.807) is 29.2 Å². The third kappa shape index (κ3) is 2.92. The number of carbonyl (C=O) groups excluding carboxylic acids is 1. The highest BCUT2D eigenvalue weighted by Crippen LogP contribution is 2.23. The van der Waals surface area contributed by atoms with Crippen LogP contribution in [0.3, 0.4) is 0 Å². The summed E-state index contributed by atoms with van der Waals surface area (Å²) in [6.45, 7) is 3.61. The molecule has 1 saturated heterocycles. The molecule has 2 rings (SSSR count). The van der Waals surface area contributed by atoms with Gasteiger partial charge in [0, 0.05) is 12.3 Å². The molecule has 0 spiro atoms. The number of anilines is 1. The molecule has 1 aliphatic rings. The van der Waals surface area contributed by atoms with Crippen molar-refractivity contribution in [1.82, 2.24) is 0 Å². The number of phenolic OH excluding ortho intramolecular Hbond substituents is 1. The molecule has 1 heterocycles. The van der Waals surface area contributed by atoms with E-state index in [0.717, 1.165) is 12.1 Å². The molecule has 1 atom stereocenters. The predicted octanol–water partition coefficient (Wildman–Crippen LogP) is 2.14. The molecule has 1 fully saturated rings. The Morgan fingerprint density at radius 3 is 2.83 bits per heavy atom. The van der Waals surface area contributed by atoms with Gasteiger partial charge in [0.05, 0.1) is 13.2 Å². The highest BCUT2D eigenvalue weighted by Gasteiger charge is 2.32. The zero-order valence-electron chi connectivity index (χ0n) is 10.3. The lowest BCUT2D eigenvalue weighted by molar-refractivity contribution is 0.0463. The molecular weight excluding hydrogens is 234 g/mol. The molecule has 0 radical (unpaired) electrons. The molecule has 1 unspecified atom stereocenters. The standard InChI is InChI=1S/C13H17NO4/c1-2-7-17-9-12-8-14(13(16)18-12)10-3-5-11(15)6-4-10/h3-6,12,15H,2,7-9H2,1H3. The summed E-state index contributed by atoms with van der Waals surface area (Å²) in [6.07, 6.45) is 0.353. The van der Waals surface area contributed by atoms with Crippen LogP contribution in [-0.4, -0.2) is 37.1 Å². The highest BCUT2D eigenvalue weighted by molar-refractivity contribution is 5.89. The first kappa shape index (κ1) is 12.7. The van der Waals surface area contributed by atoms with Crippen molar-refractivity contribution in [1.29, 1.82) is 0 Å². The van der Waals surface area contributed by atoms with Crippen molar-refractivity contribution in [2.75, 3.05) is 24.7 Å². The summed E-state index contributed by atoms with van der Waals surface area (Å²) in [6, 6.07) is 6.46. The van der Waals surface area contributed by atoms with Crippen molar-refractivity contribution in [3.8, 4) is 5.75 Å². The number of rotatable bonds is 5. The summed E-state index contributed by atoms with van der Waals surface area (Å²) in [7, 11) is 0. The van der Waals surface area contributed by atoms with Crippen LogP contribution in [-0.2, 0) is 9.47 Å². The van der Waals surface area contributed by atoms with Gasteiger partial charge in [-0.1, -0.05) is 6.92 Å². The second-order valence-corrected chi connectivity index (χ2v) is 4.21. The largest absolute Gasteiger partial charge is 0.508 e. The maximum Gasteiger partial charge on any atom is 0.414 e. The van der Waals surface area contributed by atoms with E-state index in [0.29, 0.717) is 19.8 Å². The monoisotopic (exact) mass is 251 g/mol.